The number of rotatable bonds is 9. The SMILES string of the molecule is COc1ccccc1[C@@H]1CC(c2cccs2)=NN1C(=O)CN(CCN1CCOCC1)C(=O)NC(C)C. The van der Waals surface area contributed by atoms with Gasteiger partial charge in [0, 0.05) is 44.2 Å². The number of carbonyl (C=O) groups excluding carboxylic acids is 2. The number of ether oxygens (including phenoxy) is 2. The Kier molecular flexibility index (Phi) is 8.95. The molecule has 36 heavy (non-hydrogen) atoms. The molecular formula is C26H35N5O4S. The first-order valence-corrected chi connectivity index (χ1v) is 13.3. The summed E-state index contributed by atoms with van der Waals surface area (Å²) in [5.74, 6) is 0.489. The first-order valence-electron chi connectivity index (χ1n) is 12.4. The highest BCUT2D eigenvalue weighted by Crippen LogP contribution is 2.38. The van der Waals surface area contributed by atoms with Crippen molar-refractivity contribution >= 4 is 29.0 Å². The van der Waals surface area contributed by atoms with Crippen LogP contribution in [0.5, 0.6) is 5.75 Å². The molecule has 1 aromatic heterocycles. The smallest absolute Gasteiger partial charge is 0.318 e. The summed E-state index contributed by atoms with van der Waals surface area (Å²) in [6.45, 7) is 7.91. The number of urea groups is 1. The Labute approximate surface area is 216 Å². The molecule has 1 aromatic carbocycles. The van der Waals surface area contributed by atoms with Crippen molar-refractivity contribution in [2.24, 2.45) is 5.10 Å². The molecule has 194 valence electrons. The third-order valence-electron chi connectivity index (χ3n) is 6.28. The zero-order chi connectivity index (χ0) is 25.5. The Morgan fingerprint density at radius 2 is 2.00 bits per heavy atom. The third-order valence-corrected chi connectivity index (χ3v) is 7.20. The molecule has 0 bridgehead atoms. The predicted molar refractivity (Wildman–Crippen MR) is 141 cm³/mol. The summed E-state index contributed by atoms with van der Waals surface area (Å²) in [4.78, 5) is 31.6. The monoisotopic (exact) mass is 513 g/mol. The number of nitrogens with one attached hydrogen (secondary N) is 1. The molecule has 10 heteroatoms. The summed E-state index contributed by atoms with van der Waals surface area (Å²) in [6.07, 6.45) is 0.582. The summed E-state index contributed by atoms with van der Waals surface area (Å²) in [6, 6.07) is 11.1. The molecule has 3 heterocycles. The maximum absolute atomic E-state index is 13.7. The summed E-state index contributed by atoms with van der Waals surface area (Å²) >= 11 is 1.60. The normalized spacial score (nSPS) is 18.3. The second-order valence-corrected chi connectivity index (χ2v) is 10.2. The number of thiophene rings is 1. The summed E-state index contributed by atoms with van der Waals surface area (Å²) in [7, 11) is 1.63. The van der Waals surface area contributed by atoms with Gasteiger partial charge < -0.3 is 19.7 Å². The summed E-state index contributed by atoms with van der Waals surface area (Å²) < 4.78 is 11.0. The van der Waals surface area contributed by atoms with E-state index in [4.69, 9.17) is 14.6 Å². The number of nitrogens with zero attached hydrogens (tertiary/aromatic N) is 4. The number of carbonyl (C=O) groups is 2. The van der Waals surface area contributed by atoms with Crippen LogP contribution in [0.2, 0.25) is 0 Å². The fraction of sp³-hybridized carbons (Fsp3) is 0.500. The molecule has 0 spiro atoms. The largest absolute Gasteiger partial charge is 0.496 e. The molecule has 2 aliphatic heterocycles. The lowest BCUT2D eigenvalue weighted by Crippen LogP contribution is -2.50. The Balaban J connectivity index is 1.55. The van der Waals surface area contributed by atoms with Crippen molar-refractivity contribution in [1.82, 2.24) is 20.1 Å². The number of amides is 3. The number of hydrogen-bond acceptors (Lipinski definition) is 7. The number of hydrazone groups is 1. The van der Waals surface area contributed by atoms with Crippen molar-refractivity contribution in [3.05, 3.63) is 52.2 Å². The van der Waals surface area contributed by atoms with Crippen molar-refractivity contribution in [2.75, 3.05) is 53.0 Å². The molecule has 0 saturated carbocycles. The Morgan fingerprint density at radius 1 is 1.22 bits per heavy atom. The van der Waals surface area contributed by atoms with Crippen molar-refractivity contribution in [1.29, 1.82) is 0 Å². The molecule has 4 rings (SSSR count). The lowest BCUT2D eigenvalue weighted by molar-refractivity contribution is -0.133. The molecule has 0 unspecified atom stereocenters. The maximum Gasteiger partial charge on any atom is 0.318 e. The minimum absolute atomic E-state index is 0.0324. The minimum Gasteiger partial charge on any atom is -0.496 e. The van der Waals surface area contributed by atoms with E-state index >= 15 is 0 Å². The summed E-state index contributed by atoms with van der Waals surface area (Å²) in [5.41, 5.74) is 1.76. The molecule has 2 aliphatic rings. The minimum atomic E-state index is -0.306. The molecule has 1 atom stereocenters. The van der Waals surface area contributed by atoms with Gasteiger partial charge in [-0.05, 0) is 31.4 Å². The molecule has 1 saturated heterocycles. The Morgan fingerprint density at radius 3 is 2.69 bits per heavy atom. The van der Waals surface area contributed by atoms with E-state index in [1.165, 1.54) is 5.01 Å². The highest BCUT2D eigenvalue weighted by atomic mass is 32.1. The highest BCUT2D eigenvalue weighted by Gasteiger charge is 2.36. The first kappa shape index (κ1) is 26.1. The van der Waals surface area contributed by atoms with Crippen molar-refractivity contribution in [3.8, 4) is 5.75 Å². The second kappa shape index (κ2) is 12.3. The Bertz CT molecular complexity index is 1050. The molecular weight excluding hydrogens is 478 g/mol. The van der Waals surface area contributed by atoms with Crippen LogP contribution in [0.3, 0.4) is 0 Å². The van der Waals surface area contributed by atoms with Crippen LogP contribution in [0, 0.1) is 0 Å². The molecule has 2 aromatic rings. The fourth-order valence-corrected chi connectivity index (χ4v) is 5.15. The lowest BCUT2D eigenvalue weighted by atomic mass is 10.00. The van der Waals surface area contributed by atoms with E-state index in [9.17, 15) is 9.59 Å². The van der Waals surface area contributed by atoms with Gasteiger partial charge >= 0.3 is 6.03 Å². The Hall–Kier alpha value is -2.95. The zero-order valence-electron chi connectivity index (χ0n) is 21.2. The molecule has 0 aliphatic carbocycles. The van der Waals surface area contributed by atoms with Crippen LogP contribution >= 0.6 is 11.3 Å². The van der Waals surface area contributed by atoms with E-state index in [-0.39, 0.29) is 30.6 Å². The van der Waals surface area contributed by atoms with Gasteiger partial charge in [-0.1, -0.05) is 24.3 Å². The molecule has 9 nitrogen and oxygen atoms in total. The number of morpholine rings is 1. The summed E-state index contributed by atoms with van der Waals surface area (Å²) in [5, 5.41) is 11.2. The average Bonchev–Trinajstić information content (AvgIpc) is 3.57. The van der Waals surface area contributed by atoms with Gasteiger partial charge in [-0.25, -0.2) is 9.80 Å². The van der Waals surface area contributed by atoms with Crippen LogP contribution in [0.4, 0.5) is 4.79 Å². The van der Waals surface area contributed by atoms with Crippen LogP contribution in [-0.4, -0.2) is 91.5 Å². The molecule has 3 amide bonds. The highest BCUT2D eigenvalue weighted by molar-refractivity contribution is 7.12. The van der Waals surface area contributed by atoms with Crippen molar-refractivity contribution < 1.29 is 19.1 Å². The number of para-hydroxylation sites is 1. The van der Waals surface area contributed by atoms with Gasteiger partial charge in [-0.2, -0.15) is 5.10 Å². The average molecular weight is 514 g/mol. The maximum atomic E-state index is 13.7. The second-order valence-electron chi connectivity index (χ2n) is 9.20. The van der Waals surface area contributed by atoms with Gasteiger partial charge in [0.1, 0.15) is 12.3 Å². The van der Waals surface area contributed by atoms with Gasteiger partial charge in [-0.3, -0.25) is 9.69 Å². The van der Waals surface area contributed by atoms with E-state index in [1.54, 1.807) is 23.3 Å². The quantitative estimate of drug-likeness (QED) is 0.557. The van der Waals surface area contributed by atoms with E-state index in [2.05, 4.69) is 10.2 Å². The van der Waals surface area contributed by atoms with Gasteiger partial charge in [0.2, 0.25) is 0 Å². The van der Waals surface area contributed by atoms with Gasteiger partial charge in [0.15, 0.2) is 0 Å². The van der Waals surface area contributed by atoms with Crippen LogP contribution < -0.4 is 10.1 Å². The zero-order valence-corrected chi connectivity index (χ0v) is 22.0. The van der Waals surface area contributed by atoms with E-state index in [1.807, 2.05) is 55.6 Å². The molecule has 1 fully saturated rings. The van der Waals surface area contributed by atoms with Crippen LogP contribution in [0.1, 0.15) is 36.8 Å². The van der Waals surface area contributed by atoms with Crippen molar-refractivity contribution in [3.63, 3.8) is 0 Å². The first-order chi connectivity index (χ1) is 17.5. The number of hydrogen-bond donors (Lipinski definition) is 1. The van der Waals surface area contributed by atoms with Gasteiger partial charge in [0.05, 0.1) is 37.0 Å². The fourth-order valence-electron chi connectivity index (χ4n) is 4.43. The van der Waals surface area contributed by atoms with E-state index in [0.717, 1.165) is 29.2 Å². The lowest BCUT2D eigenvalue weighted by Gasteiger charge is -2.31. The standard InChI is InChI=1S/C26H35N5O4S/c1-19(2)27-26(33)30(11-10-29-12-14-35-15-13-29)18-25(32)31-22(20-7-4-5-8-23(20)34-3)17-21(28-31)24-9-6-16-36-24/h4-9,16,19,22H,10-15,17-18H2,1-3H3,(H,27,33)/t22-/m0/s1. The van der Waals surface area contributed by atoms with Gasteiger partial charge in [0.25, 0.3) is 5.91 Å². The van der Waals surface area contributed by atoms with Crippen molar-refractivity contribution in [2.45, 2.75) is 32.4 Å². The van der Waals surface area contributed by atoms with Crippen LogP contribution in [0.25, 0.3) is 0 Å². The third kappa shape index (κ3) is 6.43. The topological polar surface area (TPSA) is 86.7 Å². The molecule has 0 radical (unpaired) electrons. The van der Waals surface area contributed by atoms with E-state index < -0.39 is 0 Å². The van der Waals surface area contributed by atoms with E-state index in [0.29, 0.717) is 38.5 Å². The van der Waals surface area contributed by atoms with Gasteiger partial charge in [-0.15, -0.1) is 11.3 Å². The molecule has 1 N–H and O–H groups in total. The number of methoxy groups -OCH3 is 1. The van der Waals surface area contributed by atoms with Crippen LogP contribution in [-0.2, 0) is 9.53 Å². The van der Waals surface area contributed by atoms with Crippen LogP contribution in [0.15, 0.2) is 46.9 Å². The predicted octanol–water partition coefficient (Wildman–Crippen LogP) is 3.19. The number of benzene rings is 1.